The smallest absolute Gasteiger partial charge is 0.224 e. The highest BCUT2D eigenvalue weighted by molar-refractivity contribution is 5.88. The molecule has 0 spiro atoms. The molecule has 6 nitrogen and oxygen atoms in total. The van der Waals surface area contributed by atoms with Gasteiger partial charge in [-0.1, -0.05) is 18.6 Å². The van der Waals surface area contributed by atoms with E-state index in [-0.39, 0.29) is 18.3 Å². The van der Waals surface area contributed by atoms with Crippen LogP contribution in [0.5, 0.6) is 0 Å². The number of carbonyl (C=O) groups excluding carboxylic acids is 1. The second kappa shape index (κ2) is 7.39. The predicted molar refractivity (Wildman–Crippen MR) is 109 cm³/mol. The van der Waals surface area contributed by atoms with Crippen LogP contribution in [0.2, 0.25) is 0 Å². The summed E-state index contributed by atoms with van der Waals surface area (Å²) < 4.78 is 0. The lowest BCUT2D eigenvalue weighted by atomic mass is 10.0. The van der Waals surface area contributed by atoms with Gasteiger partial charge in [0.1, 0.15) is 0 Å². The number of aromatic nitrogens is 3. The van der Waals surface area contributed by atoms with Crippen molar-refractivity contribution in [2.45, 2.75) is 54.0 Å². The first-order valence-electron chi connectivity index (χ1n) is 9.27. The molecule has 142 valence electrons. The van der Waals surface area contributed by atoms with Gasteiger partial charge in [-0.15, -0.1) is 0 Å². The lowest BCUT2D eigenvalue weighted by Gasteiger charge is -2.11. The topological polar surface area (TPSA) is 96.7 Å². The van der Waals surface area contributed by atoms with Crippen LogP contribution in [0, 0.1) is 27.7 Å². The Hall–Kier alpha value is -2.89. The fourth-order valence-corrected chi connectivity index (χ4v) is 3.64. The van der Waals surface area contributed by atoms with Gasteiger partial charge in [0.2, 0.25) is 11.9 Å². The first-order valence-corrected chi connectivity index (χ1v) is 9.27. The Morgan fingerprint density at radius 2 is 1.81 bits per heavy atom. The van der Waals surface area contributed by atoms with Gasteiger partial charge in [0.15, 0.2) is 0 Å². The van der Waals surface area contributed by atoms with Crippen molar-refractivity contribution in [1.29, 1.82) is 0 Å². The van der Waals surface area contributed by atoms with Crippen molar-refractivity contribution >= 4 is 22.8 Å². The van der Waals surface area contributed by atoms with E-state index in [0.29, 0.717) is 6.54 Å². The summed E-state index contributed by atoms with van der Waals surface area (Å²) >= 11 is 0. The maximum absolute atomic E-state index is 12.5. The Kier molecular flexibility index (Phi) is 5.17. The summed E-state index contributed by atoms with van der Waals surface area (Å²) in [6, 6.07) is 4.32. The van der Waals surface area contributed by atoms with Gasteiger partial charge in [0, 0.05) is 34.6 Å². The molecular formula is C21H27N5O. The van der Waals surface area contributed by atoms with E-state index in [4.69, 9.17) is 5.73 Å². The van der Waals surface area contributed by atoms with Crippen molar-refractivity contribution in [1.82, 2.24) is 20.3 Å². The molecule has 0 fully saturated rings. The second-order valence-corrected chi connectivity index (χ2v) is 7.11. The highest BCUT2D eigenvalue weighted by Gasteiger charge is 2.14. The van der Waals surface area contributed by atoms with Crippen LogP contribution in [0.4, 0.5) is 5.95 Å². The molecule has 2 heterocycles. The molecule has 1 aromatic carbocycles. The van der Waals surface area contributed by atoms with Gasteiger partial charge in [-0.05, 0) is 51.3 Å². The van der Waals surface area contributed by atoms with E-state index in [0.717, 1.165) is 34.5 Å². The molecule has 0 unspecified atom stereocenters. The molecule has 0 saturated heterocycles. The van der Waals surface area contributed by atoms with E-state index in [9.17, 15) is 4.79 Å². The monoisotopic (exact) mass is 365 g/mol. The quantitative estimate of drug-likeness (QED) is 0.647. The normalized spacial score (nSPS) is 11.1. The van der Waals surface area contributed by atoms with E-state index >= 15 is 0 Å². The number of benzene rings is 1. The molecule has 6 heteroatoms. The Labute approximate surface area is 159 Å². The minimum atomic E-state index is -0.0526. The number of aromatic amines is 1. The van der Waals surface area contributed by atoms with Crippen LogP contribution in [0.25, 0.3) is 10.9 Å². The van der Waals surface area contributed by atoms with E-state index in [2.05, 4.69) is 53.2 Å². The largest absolute Gasteiger partial charge is 0.368 e. The van der Waals surface area contributed by atoms with Crippen LogP contribution >= 0.6 is 0 Å². The van der Waals surface area contributed by atoms with Crippen LogP contribution in [0.15, 0.2) is 12.1 Å². The number of rotatable bonds is 5. The first kappa shape index (κ1) is 18.9. The van der Waals surface area contributed by atoms with Crippen molar-refractivity contribution in [2.75, 3.05) is 5.73 Å². The van der Waals surface area contributed by atoms with Crippen molar-refractivity contribution in [3.63, 3.8) is 0 Å². The summed E-state index contributed by atoms with van der Waals surface area (Å²) in [4.78, 5) is 24.4. The van der Waals surface area contributed by atoms with E-state index < -0.39 is 0 Å². The first-order chi connectivity index (χ1) is 12.8. The maximum Gasteiger partial charge on any atom is 0.224 e. The highest BCUT2D eigenvalue weighted by Crippen LogP contribution is 2.26. The zero-order chi connectivity index (χ0) is 19.7. The van der Waals surface area contributed by atoms with Crippen molar-refractivity contribution in [2.24, 2.45) is 0 Å². The van der Waals surface area contributed by atoms with Crippen molar-refractivity contribution in [3.8, 4) is 0 Å². The van der Waals surface area contributed by atoms with E-state index in [1.54, 1.807) is 0 Å². The molecule has 0 aliphatic heterocycles. The van der Waals surface area contributed by atoms with Crippen molar-refractivity contribution < 1.29 is 4.79 Å². The standard InChI is InChI=1S/C21H27N5O/c1-6-18-12(3)16-8-11(2)7-15(20(16)26-18)10-23-19(27)9-17-13(4)24-21(22)25-14(17)5/h7-8,26H,6,9-10H2,1-5H3,(H,23,27)(H2,22,24,25). The SMILES string of the molecule is CCc1[nH]c2c(CNC(=O)Cc3c(C)nc(N)nc3C)cc(C)cc2c1C. The number of hydrogen-bond acceptors (Lipinski definition) is 4. The molecule has 27 heavy (non-hydrogen) atoms. The lowest BCUT2D eigenvalue weighted by Crippen LogP contribution is -2.26. The summed E-state index contributed by atoms with van der Waals surface area (Å²) in [6.45, 7) is 10.6. The third-order valence-corrected chi connectivity index (χ3v) is 5.10. The molecule has 0 radical (unpaired) electrons. The highest BCUT2D eigenvalue weighted by atomic mass is 16.1. The number of nitrogens with one attached hydrogen (secondary N) is 2. The fraction of sp³-hybridized carbons (Fsp3) is 0.381. The van der Waals surface area contributed by atoms with Crippen molar-refractivity contribution in [3.05, 3.63) is 51.5 Å². The fourth-order valence-electron chi connectivity index (χ4n) is 3.64. The Morgan fingerprint density at radius 3 is 2.44 bits per heavy atom. The third kappa shape index (κ3) is 3.79. The molecule has 0 aliphatic rings. The summed E-state index contributed by atoms with van der Waals surface area (Å²) in [5.74, 6) is 0.188. The van der Waals surface area contributed by atoms with Crippen LogP contribution in [-0.4, -0.2) is 20.9 Å². The van der Waals surface area contributed by atoms with Crippen LogP contribution in [0.3, 0.4) is 0 Å². The van der Waals surface area contributed by atoms with Gasteiger partial charge < -0.3 is 16.0 Å². The zero-order valence-corrected chi connectivity index (χ0v) is 16.7. The van der Waals surface area contributed by atoms with Crippen LogP contribution in [-0.2, 0) is 24.2 Å². The number of aryl methyl sites for hydroxylation is 5. The number of nitrogen functional groups attached to an aromatic ring is 1. The van der Waals surface area contributed by atoms with E-state index in [1.807, 2.05) is 13.8 Å². The number of carbonyl (C=O) groups is 1. The number of H-pyrrole nitrogens is 1. The maximum atomic E-state index is 12.5. The second-order valence-electron chi connectivity index (χ2n) is 7.11. The van der Waals surface area contributed by atoms with Gasteiger partial charge in [-0.25, -0.2) is 9.97 Å². The molecule has 2 aromatic heterocycles. The predicted octanol–water partition coefficient (Wildman–Crippen LogP) is 3.20. The summed E-state index contributed by atoms with van der Waals surface area (Å²) in [6.07, 6.45) is 1.21. The molecule has 3 rings (SSSR count). The summed E-state index contributed by atoms with van der Waals surface area (Å²) in [5, 5.41) is 4.27. The molecule has 3 aromatic rings. The molecule has 0 aliphatic carbocycles. The number of fused-ring (bicyclic) bond motifs is 1. The van der Waals surface area contributed by atoms with Gasteiger partial charge in [-0.3, -0.25) is 4.79 Å². The Balaban J connectivity index is 1.80. The summed E-state index contributed by atoms with van der Waals surface area (Å²) in [5.41, 5.74) is 13.9. The summed E-state index contributed by atoms with van der Waals surface area (Å²) in [7, 11) is 0. The number of amides is 1. The Bertz CT molecular complexity index is 996. The minimum Gasteiger partial charge on any atom is -0.368 e. The molecule has 4 N–H and O–H groups in total. The Morgan fingerprint density at radius 1 is 1.15 bits per heavy atom. The molecule has 1 amide bonds. The zero-order valence-electron chi connectivity index (χ0n) is 16.7. The van der Waals surface area contributed by atoms with Crippen LogP contribution in [0.1, 0.15) is 46.3 Å². The number of nitrogens with zero attached hydrogens (tertiary/aromatic N) is 2. The number of hydrogen-bond donors (Lipinski definition) is 3. The molecule has 0 saturated carbocycles. The van der Waals surface area contributed by atoms with Gasteiger partial charge in [-0.2, -0.15) is 0 Å². The minimum absolute atomic E-state index is 0.0526. The lowest BCUT2D eigenvalue weighted by molar-refractivity contribution is -0.120. The van der Waals surface area contributed by atoms with Crippen LogP contribution < -0.4 is 11.1 Å². The average Bonchev–Trinajstić information content (AvgIpc) is 2.92. The molecule has 0 atom stereocenters. The molecule has 0 bridgehead atoms. The average molecular weight is 365 g/mol. The van der Waals surface area contributed by atoms with Gasteiger partial charge in [0.25, 0.3) is 0 Å². The number of nitrogens with two attached hydrogens (primary N) is 1. The van der Waals surface area contributed by atoms with E-state index in [1.165, 1.54) is 22.2 Å². The van der Waals surface area contributed by atoms with Gasteiger partial charge >= 0.3 is 0 Å². The van der Waals surface area contributed by atoms with Gasteiger partial charge in [0.05, 0.1) is 11.9 Å². The third-order valence-electron chi connectivity index (χ3n) is 5.10. The molecular weight excluding hydrogens is 338 g/mol. The number of anilines is 1.